The summed E-state index contributed by atoms with van der Waals surface area (Å²) < 4.78 is 9.79. The molecule has 2 saturated carbocycles. The molecule has 2 saturated heterocycles. The summed E-state index contributed by atoms with van der Waals surface area (Å²) in [7, 11) is 2.59. The molecule has 1 unspecified atom stereocenters. The van der Waals surface area contributed by atoms with Crippen LogP contribution in [0.4, 0.5) is 9.59 Å². The predicted molar refractivity (Wildman–Crippen MR) is 237 cm³/mol. The number of imidazole rings is 2. The summed E-state index contributed by atoms with van der Waals surface area (Å²) in [6.07, 6.45) is 6.32. The Labute approximate surface area is 371 Å². The van der Waals surface area contributed by atoms with E-state index in [1.807, 2.05) is 87.3 Å². The first-order valence-corrected chi connectivity index (χ1v) is 22.8. The Morgan fingerprint density at radius 2 is 1.49 bits per heavy atom. The maximum atomic E-state index is 14.5. The molecule has 10 rings (SSSR count). The van der Waals surface area contributed by atoms with Crippen LogP contribution in [0.15, 0.2) is 83.7 Å². The van der Waals surface area contributed by atoms with Crippen molar-refractivity contribution in [3.8, 4) is 23.1 Å². The third kappa shape index (κ3) is 7.73. The highest BCUT2D eigenvalue weighted by molar-refractivity contribution is 7.10. The van der Waals surface area contributed by atoms with E-state index in [0.29, 0.717) is 18.9 Å². The van der Waals surface area contributed by atoms with Gasteiger partial charge in [-0.3, -0.25) is 9.59 Å². The molecule has 2 aromatic carbocycles. The van der Waals surface area contributed by atoms with Crippen molar-refractivity contribution < 1.29 is 28.7 Å². The largest absolute Gasteiger partial charge is 0.453 e. The third-order valence-corrected chi connectivity index (χ3v) is 15.3. The van der Waals surface area contributed by atoms with Gasteiger partial charge in [0.25, 0.3) is 11.8 Å². The monoisotopic (exact) mass is 882 g/mol. The Kier molecular flexibility index (Phi) is 10.1. The topological polar surface area (TPSA) is 175 Å². The van der Waals surface area contributed by atoms with Crippen molar-refractivity contribution >= 4 is 57.7 Å². The standard InChI is InChI=1S/C47H46N8O6S2/c1-45(53-44(59)61-3,37-7-5-21-63-37)42(57)55-27-47(18-19-47)24-35(55)40-49-31-15-12-29(22-32(31)50-40)9-8-28-10-13-30(14-11-28)33-25-48-39(51-33)34-23-46(16-17-46)26-54(34)41(56)38(52-43(58)60-2)36-6-4-20-62-36/h4-7,10-15,20-22,25,34-35,38H,16-19,23-24,26-27H2,1-3H3,(H,48,51)(H,49,50)(H,52,58)(H,53,59)/t34-,35-,38?,45+/m0/s1. The molecule has 6 heterocycles. The number of alkyl carbamates (subject to hydrolysis) is 2. The number of likely N-dealkylation sites (tertiary alicyclic amines) is 2. The first-order valence-electron chi connectivity index (χ1n) is 21.0. The Morgan fingerprint density at radius 1 is 0.825 bits per heavy atom. The van der Waals surface area contributed by atoms with Crippen LogP contribution in [-0.2, 0) is 24.6 Å². The van der Waals surface area contributed by atoms with Gasteiger partial charge in [0.15, 0.2) is 5.54 Å². The van der Waals surface area contributed by atoms with Gasteiger partial charge in [0.2, 0.25) is 0 Å². The van der Waals surface area contributed by atoms with Crippen LogP contribution in [0, 0.1) is 22.7 Å². The minimum Gasteiger partial charge on any atom is -0.453 e. The fraction of sp³-hybridized carbons (Fsp3) is 0.362. The molecule has 4 aliphatic rings. The van der Waals surface area contributed by atoms with Gasteiger partial charge in [0.05, 0.1) is 49.2 Å². The number of amides is 4. The number of rotatable bonds is 9. The summed E-state index contributed by atoms with van der Waals surface area (Å²) in [4.78, 5) is 75.4. The summed E-state index contributed by atoms with van der Waals surface area (Å²) in [5, 5.41) is 9.37. The van der Waals surface area contributed by atoms with Gasteiger partial charge in [-0.05, 0) is 115 Å². The molecule has 322 valence electrons. The lowest BCUT2D eigenvalue weighted by atomic mass is 9.97. The molecule has 4 N–H and O–H groups in total. The zero-order valence-electron chi connectivity index (χ0n) is 35.0. The predicted octanol–water partition coefficient (Wildman–Crippen LogP) is 7.95. The Morgan fingerprint density at radius 3 is 2.16 bits per heavy atom. The first kappa shape index (κ1) is 40.6. The minimum absolute atomic E-state index is 0.0593. The second kappa shape index (κ2) is 15.7. The van der Waals surface area contributed by atoms with Gasteiger partial charge in [0.1, 0.15) is 17.7 Å². The molecule has 0 radical (unpaired) electrons. The summed E-state index contributed by atoms with van der Waals surface area (Å²) >= 11 is 2.84. The quantitative estimate of drug-likeness (QED) is 0.106. The molecule has 63 heavy (non-hydrogen) atoms. The summed E-state index contributed by atoms with van der Waals surface area (Å²) in [5.41, 5.74) is 3.90. The smallest absolute Gasteiger partial charge is 0.408 e. The van der Waals surface area contributed by atoms with Crippen molar-refractivity contribution in [1.82, 2.24) is 40.4 Å². The van der Waals surface area contributed by atoms with Gasteiger partial charge in [-0.1, -0.05) is 36.1 Å². The molecule has 14 nitrogen and oxygen atoms in total. The van der Waals surface area contributed by atoms with Gasteiger partial charge in [0, 0.05) is 34.0 Å². The van der Waals surface area contributed by atoms with Crippen molar-refractivity contribution in [3.63, 3.8) is 0 Å². The molecular formula is C47H46N8O6S2. The minimum atomic E-state index is -1.30. The van der Waals surface area contributed by atoms with Crippen molar-refractivity contribution in [2.45, 2.75) is 69.1 Å². The van der Waals surface area contributed by atoms with Crippen molar-refractivity contribution in [3.05, 3.63) is 116 Å². The van der Waals surface area contributed by atoms with Crippen LogP contribution in [0.2, 0.25) is 0 Å². The molecule has 16 heteroatoms. The SMILES string of the molecule is COC(=O)NC(C(=O)N1CC2(CC2)C[C@H]1c1ncc(-c2ccc(C#Cc3ccc4nc([C@@H]5CC6(CC6)CN5C(=O)[C@](C)(NC(=O)OC)c5cccs5)[nH]c4c3)cc2)[nH]1)c1cccs1. The van der Waals surface area contributed by atoms with Crippen LogP contribution < -0.4 is 10.6 Å². The highest BCUT2D eigenvalue weighted by Crippen LogP contribution is 2.60. The number of benzene rings is 2. The summed E-state index contributed by atoms with van der Waals surface area (Å²) in [6, 6.07) is 19.9. The van der Waals surface area contributed by atoms with Gasteiger partial charge >= 0.3 is 12.2 Å². The van der Waals surface area contributed by atoms with E-state index in [1.165, 1.54) is 36.9 Å². The fourth-order valence-electron chi connectivity index (χ4n) is 9.30. The van der Waals surface area contributed by atoms with Gasteiger partial charge in [-0.25, -0.2) is 19.6 Å². The summed E-state index contributed by atoms with van der Waals surface area (Å²) in [5.74, 6) is 7.67. The highest BCUT2D eigenvalue weighted by Gasteiger charge is 2.57. The van der Waals surface area contributed by atoms with E-state index >= 15 is 0 Å². The molecule has 4 atom stereocenters. The molecule has 4 fully saturated rings. The normalized spacial score (nSPS) is 20.5. The molecular weight excluding hydrogens is 837 g/mol. The van der Waals surface area contributed by atoms with Gasteiger partial charge in [-0.15, -0.1) is 22.7 Å². The average molecular weight is 883 g/mol. The second-order valence-electron chi connectivity index (χ2n) is 17.5. The van der Waals surface area contributed by atoms with Gasteiger partial charge < -0.3 is 39.9 Å². The van der Waals surface area contributed by atoms with Crippen LogP contribution in [0.25, 0.3) is 22.3 Å². The van der Waals surface area contributed by atoms with E-state index in [-0.39, 0.29) is 34.7 Å². The lowest BCUT2D eigenvalue weighted by Gasteiger charge is -2.34. The Bertz CT molecular complexity index is 2780. The van der Waals surface area contributed by atoms with E-state index in [1.54, 1.807) is 13.1 Å². The maximum Gasteiger partial charge on any atom is 0.408 e. The zero-order chi connectivity index (χ0) is 43.5. The molecule has 2 aliphatic carbocycles. The van der Waals surface area contributed by atoms with Crippen molar-refractivity contribution in [2.24, 2.45) is 10.8 Å². The van der Waals surface area contributed by atoms with E-state index < -0.39 is 23.8 Å². The number of carbonyl (C=O) groups is 4. The lowest BCUT2D eigenvalue weighted by Crippen LogP contribution is -2.55. The highest BCUT2D eigenvalue weighted by atomic mass is 32.1. The average Bonchev–Trinajstić information content (AvgIpc) is 3.80. The number of carbonyl (C=O) groups excluding carboxylic acids is 4. The maximum absolute atomic E-state index is 14.5. The number of methoxy groups -OCH3 is 2. The van der Waals surface area contributed by atoms with Crippen LogP contribution in [0.3, 0.4) is 0 Å². The number of nitrogens with zero attached hydrogens (tertiary/aromatic N) is 4. The zero-order valence-corrected chi connectivity index (χ0v) is 36.7. The fourth-order valence-corrected chi connectivity index (χ4v) is 10.9. The molecule has 4 amide bonds. The van der Waals surface area contributed by atoms with Crippen LogP contribution in [-0.4, -0.2) is 81.0 Å². The van der Waals surface area contributed by atoms with Crippen LogP contribution >= 0.6 is 22.7 Å². The number of hydrogen-bond donors (Lipinski definition) is 4. The molecule has 2 aliphatic heterocycles. The van der Waals surface area contributed by atoms with Crippen molar-refractivity contribution in [2.75, 3.05) is 27.3 Å². The lowest BCUT2D eigenvalue weighted by molar-refractivity contribution is -0.139. The van der Waals surface area contributed by atoms with E-state index in [2.05, 4.69) is 32.4 Å². The van der Waals surface area contributed by atoms with Gasteiger partial charge in [-0.2, -0.15) is 0 Å². The molecule has 4 aromatic heterocycles. The number of nitrogens with one attached hydrogen (secondary N) is 4. The second-order valence-corrected chi connectivity index (χ2v) is 19.4. The van der Waals surface area contributed by atoms with E-state index in [0.717, 1.165) is 87.5 Å². The van der Waals surface area contributed by atoms with E-state index in [9.17, 15) is 19.2 Å². The number of H-pyrrole nitrogens is 2. The number of hydrogen-bond acceptors (Lipinski definition) is 10. The van der Waals surface area contributed by atoms with Crippen molar-refractivity contribution in [1.29, 1.82) is 0 Å². The molecule has 2 spiro atoms. The number of aromatic amines is 2. The number of aromatic nitrogens is 4. The number of fused-ring (bicyclic) bond motifs is 1. The Hall–Kier alpha value is -6.44. The van der Waals surface area contributed by atoms with Crippen LogP contribution in [0.5, 0.6) is 0 Å². The number of ether oxygens (including phenoxy) is 2. The number of thiophene rings is 2. The summed E-state index contributed by atoms with van der Waals surface area (Å²) in [6.45, 7) is 2.96. The third-order valence-electron chi connectivity index (χ3n) is 13.3. The molecule has 0 bridgehead atoms. The molecule has 6 aromatic rings. The van der Waals surface area contributed by atoms with E-state index in [4.69, 9.17) is 19.4 Å². The van der Waals surface area contributed by atoms with Crippen LogP contribution in [0.1, 0.15) is 96.1 Å². The first-order chi connectivity index (χ1) is 30.5. The Balaban J connectivity index is 0.844.